The first kappa shape index (κ1) is 12.4. The van der Waals surface area contributed by atoms with Gasteiger partial charge in [0.2, 0.25) is 0 Å². The first-order chi connectivity index (χ1) is 7.89. The van der Waals surface area contributed by atoms with Gasteiger partial charge >= 0.3 is 0 Å². The molecule has 3 nitrogen and oxygen atoms in total. The molecule has 0 spiro atoms. The number of carbonyl (C=O) groups excluding carboxylic acids is 1. The van der Waals surface area contributed by atoms with Crippen LogP contribution in [0.1, 0.15) is 33.2 Å². The number of amides is 1. The molecule has 17 heavy (non-hydrogen) atoms. The summed E-state index contributed by atoms with van der Waals surface area (Å²) < 4.78 is 26.0. The van der Waals surface area contributed by atoms with Crippen molar-refractivity contribution in [1.29, 1.82) is 0 Å². The van der Waals surface area contributed by atoms with Crippen LogP contribution in [0, 0.1) is 13.8 Å². The number of piperidine rings is 1. The topological polar surface area (TPSA) is 33.2 Å². The lowest BCUT2D eigenvalue weighted by Crippen LogP contribution is -2.42. The van der Waals surface area contributed by atoms with Crippen LogP contribution < -0.4 is 0 Å². The Bertz CT molecular complexity index is 435. The van der Waals surface area contributed by atoms with Crippen LogP contribution in [0.4, 0.5) is 8.78 Å². The maximum absolute atomic E-state index is 13.0. The van der Waals surface area contributed by atoms with E-state index in [1.807, 2.05) is 6.92 Å². The number of hydrogen-bond acceptors (Lipinski definition) is 3. The molecule has 0 bridgehead atoms. The fourth-order valence-electron chi connectivity index (χ4n) is 1.91. The van der Waals surface area contributed by atoms with E-state index in [9.17, 15) is 13.6 Å². The maximum Gasteiger partial charge on any atom is 0.265 e. The first-order valence-electron chi connectivity index (χ1n) is 5.50. The number of rotatable bonds is 1. The second-order valence-electron chi connectivity index (χ2n) is 4.30. The second kappa shape index (κ2) is 4.33. The Hall–Kier alpha value is -1.04. The van der Waals surface area contributed by atoms with E-state index < -0.39 is 5.92 Å². The minimum atomic E-state index is -2.62. The predicted molar refractivity (Wildman–Crippen MR) is 61.7 cm³/mol. The molecule has 1 aromatic rings. The maximum atomic E-state index is 13.0. The molecule has 0 aliphatic carbocycles. The molecule has 0 radical (unpaired) electrons. The SMILES string of the molecule is Cc1nc(C)c(C(=O)N2CCC(F)(F)CC2)s1. The summed E-state index contributed by atoms with van der Waals surface area (Å²) in [6.07, 6.45) is -0.481. The van der Waals surface area contributed by atoms with Gasteiger partial charge in [-0.2, -0.15) is 0 Å². The van der Waals surface area contributed by atoms with Gasteiger partial charge in [0.05, 0.1) is 10.7 Å². The zero-order chi connectivity index (χ0) is 12.6. The van der Waals surface area contributed by atoms with Gasteiger partial charge < -0.3 is 4.90 Å². The summed E-state index contributed by atoms with van der Waals surface area (Å²) in [6.45, 7) is 3.86. The Morgan fingerprint density at radius 3 is 2.41 bits per heavy atom. The summed E-state index contributed by atoms with van der Waals surface area (Å²) in [7, 11) is 0. The zero-order valence-electron chi connectivity index (χ0n) is 9.80. The second-order valence-corrected chi connectivity index (χ2v) is 5.50. The van der Waals surface area contributed by atoms with Crippen molar-refractivity contribution < 1.29 is 13.6 Å². The molecule has 1 aliphatic heterocycles. The number of aromatic nitrogens is 1. The van der Waals surface area contributed by atoms with E-state index in [1.165, 1.54) is 16.2 Å². The Labute approximate surface area is 102 Å². The van der Waals surface area contributed by atoms with Gasteiger partial charge in [0, 0.05) is 25.9 Å². The summed E-state index contributed by atoms with van der Waals surface area (Å²) in [5.74, 6) is -2.78. The zero-order valence-corrected chi connectivity index (χ0v) is 10.6. The third-order valence-electron chi connectivity index (χ3n) is 2.88. The third kappa shape index (κ3) is 2.62. The first-order valence-corrected chi connectivity index (χ1v) is 6.32. The fraction of sp³-hybridized carbons (Fsp3) is 0.636. The van der Waals surface area contributed by atoms with Gasteiger partial charge in [0.25, 0.3) is 11.8 Å². The molecule has 94 valence electrons. The Morgan fingerprint density at radius 1 is 1.35 bits per heavy atom. The largest absolute Gasteiger partial charge is 0.337 e. The Balaban J connectivity index is 2.09. The fourth-order valence-corrected chi connectivity index (χ4v) is 2.80. The van der Waals surface area contributed by atoms with Crippen molar-refractivity contribution in [3.05, 3.63) is 15.6 Å². The van der Waals surface area contributed by atoms with E-state index in [4.69, 9.17) is 0 Å². The number of halogens is 2. The summed E-state index contributed by atoms with van der Waals surface area (Å²) in [6, 6.07) is 0. The average Bonchev–Trinajstić information content (AvgIpc) is 2.57. The van der Waals surface area contributed by atoms with Gasteiger partial charge in [-0.25, -0.2) is 13.8 Å². The molecule has 1 aliphatic rings. The molecule has 0 unspecified atom stereocenters. The van der Waals surface area contributed by atoms with E-state index >= 15 is 0 Å². The van der Waals surface area contributed by atoms with Crippen LogP contribution in [0.3, 0.4) is 0 Å². The van der Waals surface area contributed by atoms with E-state index in [0.29, 0.717) is 10.6 Å². The van der Waals surface area contributed by atoms with Crippen molar-refractivity contribution in [2.24, 2.45) is 0 Å². The van der Waals surface area contributed by atoms with Crippen LogP contribution in [0.2, 0.25) is 0 Å². The smallest absolute Gasteiger partial charge is 0.265 e. The molecule has 1 saturated heterocycles. The third-order valence-corrected chi connectivity index (χ3v) is 3.94. The van der Waals surface area contributed by atoms with Crippen LogP contribution in [-0.2, 0) is 0 Å². The van der Waals surface area contributed by atoms with Gasteiger partial charge in [0.15, 0.2) is 0 Å². The van der Waals surface area contributed by atoms with Crippen LogP contribution in [-0.4, -0.2) is 34.8 Å². The molecular weight excluding hydrogens is 246 g/mol. The molecule has 0 atom stereocenters. The number of nitrogens with zero attached hydrogens (tertiary/aromatic N) is 2. The highest BCUT2D eigenvalue weighted by molar-refractivity contribution is 7.13. The number of likely N-dealkylation sites (tertiary alicyclic amines) is 1. The minimum Gasteiger partial charge on any atom is -0.337 e. The van der Waals surface area contributed by atoms with Gasteiger partial charge in [-0.05, 0) is 13.8 Å². The number of aryl methyl sites for hydroxylation is 2. The Morgan fingerprint density at radius 2 is 1.94 bits per heavy atom. The van der Waals surface area contributed by atoms with Crippen LogP contribution in [0.15, 0.2) is 0 Å². The molecule has 0 N–H and O–H groups in total. The highest BCUT2D eigenvalue weighted by Gasteiger charge is 2.36. The molecule has 1 aromatic heterocycles. The number of alkyl halides is 2. The van der Waals surface area contributed by atoms with Gasteiger partial charge in [-0.15, -0.1) is 11.3 Å². The number of carbonyl (C=O) groups is 1. The van der Waals surface area contributed by atoms with E-state index in [2.05, 4.69) is 4.98 Å². The highest BCUT2D eigenvalue weighted by Crippen LogP contribution is 2.29. The van der Waals surface area contributed by atoms with Crippen LogP contribution >= 0.6 is 11.3 Å². The van der Waals surface area contributed by atoms with E-state index in [1.54, 1.807) is 6.92 Å². The van der Waals surface area contributed by atoms with Gasteiger partial charge in [0.1, 0.15) is 4.88 Å². The summed E-state index contributed by atoms with van der Waals surface area (Å²) >= 11 is 1.33. The standard InChI is InChI=1S/C11H14F2N2OS/c1-7-9(17-8(2)14-7)10(16)15-5-3-11(12,13)4-6-15/h3-6H2,1-2H3. The lowest BCUT2D eigenvalue weighted by atomic mass is 10.1. The molecule has 2 rings (SSSR count). The molecule has 0 saturated carbocycles. The highest BCUT2D eigenvalue weighted by atomic mass is 32.1. The number of hydrogen-bond donors (Lipinski definition) is 0. The summed E-state index contributed by atoms with van der Waals surface area (Å²) in [5.41, 5.74) is 0.690. The summed E-state index contributed by atoms with van der Waals surface area (Å²) in [4.78, 5) is 18.3. The average molecular weight is 260 g/mol. The molecule has 6 heteroatoms. The van der Waals surface area contributed by atoms with Crippen molar-refractivity contribution >= 4 is 17.2 Å². The summed E-state index contributed by atoms with van der Waals surface area (Å²) in [5, 5.41) is 0.827. The van der Waals surface area contributed by atoms with Crippen molar-refractivity contribution in [3.8, 4) is 0 Å². The predicted octanol–water partition coefficient (Wildman–Crippen LogP) is 2.63. The number of thiazole rings is 1. The van der Waals surface area contributed by atoms with Crippen molar-refractivity contribution in [2.45, 2.75) is 32.6 Å². The van der Waals surface area contributed by atoms with Crippen LogP contribution in [0.25, 0.3) is 0 Å². The van der Waals surface area contributed by atoms with E-state index in [0.717, 1.165) is 5.01 Å². The molecule has 2 heterocycles. The molecule has 0 aromatic carbocycles. The van der Waals surface area contributed by atoms with Crippen molar-refractivity contribution in [3.63, 3.8) is 0 Å². The molecule has 1 amide bonds. The van der Waals surface area contributed by atoms with E-state index in [-0.39, 0.29) is 31.8 Å². The molecular formula is C11H14F2N2OS. The van der Waals surface area contributed by atoms with Crippen molar-refractivity contribution in [1.82, 2.24) is 9.88 Å². The van der Waals surface area contributed by atoms with Crippen molar-refractivity contribution in [2.75, 3.05) is 13.1 Å². The minimum absolute atomic E-state index is 0.127. The quantitative estimate of drug-likeness (QED) is 0.777. The normalized spacial score (nSPS) is 19.4. The van der Waals surface area contributed by atoms with Gasteiger partial charge in [-0.1, -0.05) is 0 Å². The monoisotopic (exact) mass is 260 g/mol. The Kier molecular flexibility index (Phi) is 3.16. The van der Waals surface area contributed by atoms with Gasteiger partial charge in [-0.3, -0.25) is 4.79 Å². The lowest BCUT2D eigenvalue weighted by Gasteiger charge is -2.31. The molecule has 1 fully saturated rings. The van der Waals surface area contributed by atoms with Crippen LogP contribution in [0.5, 0.6) is 0 Å². The lowest BCUT2D eigenvalue weighted by molar-refractivity contribution is -0.0493.